The molecule has 25 heavy (non-hydrogen) atoms. The average molecular weight is 341 g/mol. The molecular formula is C19H19NO5. The number of fused-ring (bicyclic) bond motifs is 1. The van der Waals surface area contributed by atoms with E-state index >= 15 is 0 Å². The largest absolute Gasteiger partial charge is 0.497 e. The maximum atomic E-state index is 11.0. The number of nitrogens with one attached hydrogen (secondary N) is 1. The number of carbonyl (C=O) groups is 1. The van der Waals surface area contributed by atoms with Gasteiger partial charge in [-0.2, -0.15) is 0 Å². The first-order valence-corrected chi connectivity index (χ1v) is 7.75. The number of carboxylic acids is 1. The standard InChI is InChI=1S/C19H19NO5/c1-23-15-5-12(6-16(8-15)24-2)11-25-14-3-4-18-17(9-14)13(10-20-18)7-19(21)22/h3-6,8-10,20H,7,11H2,1-2H3,(H,21,22). The summed E-state index contributed by atoms with van der Waals surface area (Å²) in [6.45, 7) is 0.345. The molecule has 0 spiro atoms. The minimum Gasteiger partial charge on any atom is -0.497 e. The first kappa shape index (κ1) is 16.7. The van der Waals surface area contributed by atoms with Gasteiger partial charge in [0, 0.05) is 23.2 Å². The predicted octanol–water partition coefficient (Wildman–Crippen LogP) is 3.39. The van der Waals surface area contributed by atoms with Gasteiger partial charge in [0.2, 0.25) is 0 Å². The van der Waals surface area contributed by atoms with E-state index in [1.165, 1.54) is 0 Å². The van der Waals surface area contributed by atoms with Gasteiger partial charge in [-0.1, -0.05) is 0 Å². The summed E-state index contributed by atoms with van der Waals surface area (Å²) in [7, 11) is 3.20. The van der Waals surface area contributed by atoms with Crippen LogP contribution in [0.1, 0.15) is 11.1 Å². The summed E-state index contributed by atoms with van der Waals surface area (Å²) < 4.78 is 16.4. The third-order valence-corrected chi connectivity index (χ3v) is 3.90. The van der Waals surface area contributed by atoms with Crippen LogP contribution in [-0.4, -0.2) is 30.3 Å². The van der Waals surface area contributed by atoms with Gasteiger partial charge < -0.3 is 24.3 Å². The maximum Gasteiger partial charge on any atom is 0.307 e. The zero-order chi connectivity index (χ0) is 17.8. The van der Waals surface area contributed by atoms with Crippen LogP contribution in [0.4, 0.5) is 0 Å². The first-order valence-electron chi connectivity index (χ1n) is 7.75. The topological polar surface area (TPSA) is 80.8 Å². The number of ether oxygens (including phenoxy) is 3. The van der Waals surface area contributed by atoms with Crippen LogP contribution < -0.4 is 14.2 Å². The lowest BCUT2D eigenvalue weighted by Gasteiger charge is -2.10. The molecular weight excluding hydrogens is 322 g/mol. The molecule has 6 heteroatoms. The Morgan fingerprint density at radius 3 is 2.40 bits per heavy atom. The number of methoxy groups -OCH3 is 2. The SMILES string of the molecule is COc1cc(COc2ccc3[nH]cc(CC(=O)O)c3c2)cc(OC)c1. The fraction of sp³-hybridized carbons (Fsp3) is 0.211. The monoisotopic (exact) mass is 341 g/mol. The number of hydrogen-bond acceptors (Lipinski definition) is 4. The number of aromatic nitrogens is 1. The molecule has 0 bridgehead atoms. The highest BCUT2D eigenvalue weighted by atomic mass is 16.5. The lowest BCUT2D eigenvalue weighted by atomic mass is 10.1. The smallest absolute Gasteiger partial charge is 0.307 e. The summed E-state index contributed by atoms with van der Waals surface area (Å²) in [5.41, 5.74) is 2.53. The number of aliphatic carboxylic acids is 1. The molecule has 1 heterocycles. The van der Waals surface area contributed by atoms with Crippen molar-refractivity contribution in [1.29, 1.82) is 0 Å². The van der Waals surface area contributed by atoms with Crippen molar-refractivity contribution >= 4 is 16.9 Å². The molecule has 0 aliphatic rings. The first-order chi connectivity index (χ1) is 12.1. The van der Waals surface area contributed by atoms with E-state index in [-0.39, 0.29) is 6.42 Å². The molecule has 0 unspecified atom stereocenters. The van der Waals surface area contributed by atoms with Crippen LogP contribution in [0.2, 0.25) is 0 Å². The van der Waals surface area contributed by atoms with E-state index in [0.29, 0.717) is 23.9 Å². The molecule has 0 amide bonds. The van der Waals surface area contributed by atoms with Crippen molar-refractivity contribution in [2.24, 2.45) is 0 Å². The Morgan fingerprint density at radius 1 is 1.04 bits per heavy atom. The highest BCUT2D eigenvalue weighted by Gasteiger charge is 2.09. The average Bonchev–Trinajstić information content (AvgIpc) is 3.01. The molecule has 0 atom stereocenters. The van der Waals surface area contributed by atoms with Crippen LogP contribution in [0.3, 0.4) is 0 Å². The fourth-order valence-corrected chi connectivity index (χ4v) is 2.67. The van der Waals surface area contributed by atoms with Gasteiger partial charge in [-0.05, 0) is 41.5 Å². The van der Waals surface area contributed by atoms with Crippen LogP contribution in [0.25, 0.3) is 10.9 Å². The minimum absolute atomic E-state index is 0.0312. The lowest BCUT2D eigenvalue weighted by molar-refractivity contribution is -0.136. The normalized spacial score (nSPS) is 10.6. The number of carboxylic acid groups (broad SMARTS) is 1. The zero-order valence-electron chi connectivity index (χ0n) is 14.0. The molecule has 2 N–H and O–H groups in total. The molecule has 0 radical (unpaired) electrons. The van der Waals surface area contributed by atoms with E-state index in [1.807, 2.05) is 30.3 Å². The molecule has 1 aromatic heterocycles. The molecule has 2 aromatic carbocycles. The summed E-state index contributed by atoms with van der Waals surface area (Å²) >= 11 is 0. The van der Waals surface area contributed by atoms with Crippen LogP contribution in [0.15, 0.2) is 42.6 Å². The van der Waals surface area contributed by atoms with Crippen LogP contribution in [0, 0.1) is 0 Å². The second-order valence-corrected chi connectivity index (χ2v) is 5.60. The minimum atomic E-state index is -0.865. The number of H-pyrrole nitrogens is 1. The molecule has 130 valence electrons. The molecule has 0 saturated heterocycles. The van der Waals surface area contributed by atoms with Crippen molar-refractivity contribution < 1.29 is 24.1 Å². The Hall–Kier alpha value is -3.15. The fourth-order valence-electron chi connectivity index (χ4n) is 2.67. The molecule has 6 nitrogen and oxygen atoms in total. The van der Waals surface area contributed by atoms with Gasteiger partial charge in [0.05, 0.1) is 20.6 Å². The Morgan fingerprint density at radius 2 is 1.76 bits per heavy atom. The molecule has 0 saturated carbocycles. The molecule has 0 aliphatic heterocycles. The second kappa shape index (κ2) is 7.17. The second-order valence-electron chi connectivity index (χ2n) is 5.60. The van der Waals surface area contributed by atoms with E-state index in [2.05, 4.69) is 4.98 Å². The van der Waals surface area contributed by atoms with E-state index < -0.39 is 5.97 Å². The summed E-state index contributed by atoms with van der Waals surface area (Å²) in [6, 6.07) is 11.1. The number of aromatic amines is 1. The Labute approximate surface area is 145 Å². The van der Waals surface area contributed by atoms with Crippen molar-refractivity contribution in [3.8, 4) is 17.2 Å². The molecule has 3 aromatic rings. The van der Waals surface area contributed by atoms with Crippen molar-refractivity contribution in [1.82, 2.24) is 4.98 Å². The third-order valence-electron chi connectivity index (χ3n) is 3.90. The summed E-state index contributed by atoms with van der Waals surface area (Å²) in [6.07, 6.45) is 1.69. The van der Waals surface area contributed by atoms with Crippen molar-refractivity contribution in [2.75, 3.05) is 14.2 Å². The summed E-state index contributed by atoms with van der Waals surface area (Å²) in [5, 5.41) is 9.85. The molecule has 0 aliphatic carbocycles. The Kier molecular flexibility index (Phi) is 4.79. The number of rotatable bonds is 7. The summed E-state index contributed by atoms with van der Waals surface area (Å²) in [5.74, 6) is 1.20. The Balaban J connectivity index is 1.80. The van der Waals surface area contributed by atoms with Gasteiger partial charge in [-0.15, -0.1) is 0 Å². The van der Waals surface area contributed by atoms with Gasteiger partial charge in [0.25, 0.3) is 0 Å². The molecule has 0 fully saturated rings. The highest BCUT2D eigenvalue weighted by molar-refractivity contribution is 5.88. The van der Waals surface area contributed by atoms with Crippen LogP contribution >= 0.6 is 0 Å². The van der Waals surface area contributed by atoms with Gasteiger partial charge in [0.1, 0.15) is 23.9 Å². The zero-order valence-corrected chi connectivity index (χ0v) is 14.0. The van der Waals surface area contributed by atoms with E-state index in [9.17, 15) is 4.79 Å². The number of hydrogen-bond donors (Lipinski definition) is 2. The van der Waals surface area contributed by atoms with Crippen molar-refractivity contribution in [2.45, 2.75) is 13.0 Å². The van der Waals surface area contributed by atoms with E-state index in [1.54, 1.807) is 26.5 Å². The van der Waals surface area contributed by atoms with E-state index in [0.717, 1.165) is 22.0 Å². The van der Waals surface area contributed by atoms with Crippen LogP contribution in [-0.2, 0) is 17.8 Å². The van der Waals surface area contributed by atoms with Crippen molar-refractivity contribution in [3.05, 3.63) is 53.7 Å². The predicted molar refractivity (Wildman–Crippen MR) is 93.5 cm³/mol. The molecule has 3 rings (SSSR count). The third kappa shape index (κ3) is 3.85. The van der Waals surface area contributed by atoms with Gasteiger partial charge in [0.15, 0.2) is 0 Å². The van der Waals surface area contributed by atoms with Gasteiger partial charge >= 0.3 is 5.97 Å². The lowest BCUT2D eigenvalue weighted by Crippen LogP contribution is -1.99. The quantitative estimate of drug-likeness (QED) is 0.688. The van der Waals surface area contributed by atoms with Crippen LogP contribution in [0.5, 0.6) is 17.2 Å². The van der Waals surface area contributed by atoms with Gasteiger partial charge in [-0.25, -0.2) is 0 Å². The van der Waals surface area contributed by atoms with Crippen molar-refractivity contribution in [3.63, 3.8) is 0 Å². The summed E-state index contributed by atoms with van der Waals surface area (Å²) in [4.78, 5) is 14.0. The maximum absolute atomic E-state index is 11.0. The highest BCUT2D eigenvalue weighted by Crippen LogP contribution is 2.26. The van der Waals surface area contributed by atoms with Gasteiger partial charge in [-0.3, -0.25) is 4.79 Å². The van der Waals surface area contributed by atoms with E-state index in [4.69, 9.17) is 19.3 Å². The number of benzene rings is 2. The Bertz CT molecular complexity index is 878.